The van der Waals surface area contributed by atoms with Gasteiger partial charge in [0.25, 0.3) is 0 Å². The molecule has 0 atom stereocenters. The van der Waals surface area contributed by atoms with Crippen molar-refractivity contribution in [3.63, 3.8) is 0 Å². The summed E-state index contributed by atoms with van der Waals surface area (Å²) >= 11 is 0. The number of rotatable bonds is 5. The summed E-state index contributed by atoms with van der Waals surface area (Å²) in [5.41, 5.74) is 0. The van der Waals surface area contributed by atoms with Gasteiger partial charge in [0.05, 0.1) is 6.73 Å². The second-order valence-electron chi connectivity index (χ2n) is 1.47. The lowest BCUT2D eigenvalue weighted by Gasteiger charge is -1.94. The second-order valence-corrected chi connectivity index (χ2v) is 1.47. The highest BCUT2D eigenvalue weighted by molar-refractivity contribution is 5.48. The molecule has 0 spiro atoms. The number of aliphatic hydroxyl groups excluding tert-OH is 1. The Kier molecular flexibility index (Phi) is 6.25. The number of aliphatic hydroxyl groups is 1. The van der Waals surface area contributed by atoms with Gasteiger partial charge in [-0.05, 0) is 13.0 Å². The smallest absolute Gasteiger partial charge is 0.120 e. The summed E-state index contributed by atoms with van der Waals surface area (Å²) in [6, 6.07) is 0. The average Bonchev–Trinajstić information content (AvgIpc) is 1.81. The summed E-state index contributed by atoms with van der Waals surface area (Å²) in [6.07, 6.45) is 2.26. The van der Waals surface area contributed by atoms with Crippen molar-refractivity contribution in [2.45, 2.75) is 12.8 Å². The highest BCUT2D eigenvalue weighted by atomic mass is 16.3. The normalized spacial score (nSPS) is 9.12. The maximum Gasteiger partial charge on any atom is 0.120 e. The van der Waals surface area contributed by atoms with Gasteiger partial charge in [-0.3, -0.25) is 5.32 Å². The van der Waals surface area contributed by atoms with Gasteiger partial charge in [0.2, 0.25) is 0 Å². The van der Waals surface area contributed by atoms with Crippen molar-refractivity contribution >= 4 is 6.29 Å². The summed E-state index contributed by atoms with van der Waals surface area (Å²) in [7, 11) is 0. The molecule has 0 rings (SSSR count). The van der Waals surface area contributed by atoms with Crippen LogP contribution in [0.1, 0.15) is 12.8 Å². The molecule has 2 N–H and O–H groups in total. The fourth-order valence-corrected chi connectivity index (χ4v) is 0.389. The molecule has 0 amide bonds. The van der Waals surface area contributed by atoms with Gasteiger partial charge in [-0.2, -0.15) is 0 Å². The molecule has 0 aromatic carbocycles. The predicted octanol–water partition coefficient (Wildman–Crippen LogP) is -0.495. The Balaban J connectivity index is 2.62. The summed E-state index contributed by atoms with van der Waals surface area (Å²) < 4.78 is 0. The van der Waals surface area contributed by atoms with Crippen molar-refractivity contribution in [1.82, 2.24) is 5.32 Å². The quantitative estimate of drug-likeness (QED) is 0.290. The van der Waals surface area contributed by atoms with Crippen LogP contribution in [-0.4, -0.2) is 24.7 Å². The molecule has 0 aromatic rings. The van der Waals surface area contributed by atoms with Gasteiger partial charge in [-0.15, -0.1) is 0 Å². The van der Waals surface area contributed by atoms with Gasteiger partial charge in [-0.1, -0.05) is 0 Å². The molecule has 3 heteroatoms. The van der Waals surface area contributed by atoms with Crippen LogP contribution in [-0.2, 0) is 4.79 Å². The maximum absolute atomic E-state index is 9.68. The number of hydrogen-bond donors (Lipinski definition) is 2. The van der Waals surface area contributed by atoms with E-state index in [1.807, 2.05) is 0 Å². The summed E-state index contributed by atoms with van der Waals surface area (Å²) in [5, 5.41) is 10.8. The standard InChI is InChI=1S/C5H11NO2/c7-4-2-1-3-6-5-8/h4,6,8H,1-3,5H2. The summed E-state index contributed by atoms with van der Waals surface area (Å²) in [4.78, 5) is 9.68. The van der Waals surface area contributed by atoms with Crippen LogP contribution >= 0.6 is 0 Å². The number of nitrogens with one attached hydrogen (secondary N) is 1. The summed E-state index contributed by atoms with van der Waals surface area (Å²) in [6.45, 7) is 0.716. The first-order valence-corrected chi connectivity index (χ1v) is 2.67. The molecule has 0 unspecified atom stereocenters. The van der Waals surface area contributed by atoms with Gasteiger partial charge in [0.15, 0.2) is 0 Å². The van der Waals surface area contributed by atoms with Gasteiger partial charge in [-0.25, -0.2) is 0 Å². The molecule has 8 heavy (non-hydrogen) atoms. The molecule has 48 valence electrons. The Morgan fingerprint density at radius 2 is 2.38 bits per heavy atom. The van der Waals surface area contributed by atoms with Crippen molar-refractivity contribution in [2.24, 2.45) is 0 Å². The number of carbonyl (C=O) groups is 1. The van der Waals surface area contributed by atoms with Crippen LogP contribution in [0.15, 0.2) is 0 Å². The lowest BCUT2D eigenvalue weighted by atomic mass is 10.3. The molecule has 3 nitrogen and oxygen atoms in total. The van der Waals surface area contributed by atoms with E-state index in [9.17, 15) is 4.79 Å². The van der Waals surface area contributed by atoms with Crippen LogP contribution in [0.5, 0.6) is 0 Å². The molecule has 0 aliphatic heterocycles. The van der Waals surface area contributed by atoms with Gasteiger partial charge in [0, 0.05) is 6.42 Å². The number of hydrogen-bond acceptors (Lipinski definition) is 3. The van der Waals surface area contributed by atoms with E-state index in [1.54, 1.807) is 0 Å². The van der Waals surface area contributed by atoms with Crippen molar-refractivity contribution in [3.05, 3.63) is 0 Å². The molecule has 0 heterocycles. The van der Waals surface area contributed by atoms with Crippen LogP contribution in [0.25, 0.3) is 0 Å². The molecular formula is C5H11NO2. The molecule has 0 bridgehead atoms. The van der Waals surface area contributed by atoms with E-state index in [0.717, 1.165) is 19.3 Å². The first-order valence-electron chi connectivity index (χ1n) is 2.67. The zero-order valence-corrected chi connectivity index (χ0v) is 4.76. The molecule has 0 aromatic heterocycles. The van der Waals surface area contributed by atoms with E-state index < -0.39 is 0 Å². The Hall–Kier alpha value is -0.410. The van der Waals surface area contributed by atoms with E-state index in [1.165, 1.54) is 0 Å². The number of unbranched alkanes of at least 4 members (excludes halogenated alkanes) is 1. The minimum Gasteiger partial charge on any atom is -0.381 e. The third-order valence-corrected chi connectivity index (χ3v) is 0.787. The fraction of sp³-hybridized carbons (Fsp3) is 0.800. The minimum absolute atomic E-state index is 0.00113. The van der Waals surface area contributed by atoms with Crippen LogP contribution < -0.4 is 5.32 Å². The van der Waals surface area contributed by atoms with Gasteiger partial charge in [0.1, 0.15) is 6.29 Å². The van der Waals surface area contributed by atoms with E-state index in [0.29, 0.717) is 6.42 Å². The SMILES string of the molecule is O=CCCCNCO. The Morgan fingerprint density at radius 3 is 2.88 bits per heavy atom. The van der Waals surface area contributed by atoms with Crippen LogP contribution in [0.3, 0.4) is 0 Å². The number of carbonyl (C=O) groups excluding carboxylic acids is 1. The molecule has 0 aliphatic rings. The topological polar surface area (TPSA) is 49.3 Å². The van der Waals surface area contributed by atoms with Crippen LogP contribution in [0.4, 0.5) is 0 Å². The lowest BCUT2D eigenvalue weighted by Crippen LogP contribution is -2.15. The Bertz CT molecular complexity index is 56.4. The first kappa shape index (κ1) is 7.59. The predicted molar refractivity (Wildman–Crippen MR) is 30.4 cm³/mol. The van der Waals surface area contributed by atoms with Crippen molar-refractivity contribution in [1.29, 1.82) is 0 Å². The number of aldehydes is 1. The molecule has 0 aliphatic carbocycles. The highest BCUT2D eigenvalue weighted by Gasteiger charge is 1.81. The van der Waals surface area contributed by atoms with Crippen molar-refractivity contribution in [2.75, 3.05) is 13.3 Å². The molecule has 0 saturated heterocycles. The zero-order valence-electron chi connectivity index (χ0n) is 4.76. The molecule has 0 fully saturated rings. The van der Waals surface area contributed by atoms with Crippen LogP contribution in [0.2, 0.25) is 0 Å². The van der Waals surface area contributed by atoms with E-state index in [2.05, 4.69) is 5.32 Å². The largest absolute Gasteiger partial charge is 0.381 e. The fourth-order valence-electron chi connectivity index (χ4n) is 0.389. The maximum atomic E-state index is 9.68. The van der Waals surface area contributed by atoms with E-state index in [-0.39, 0.29) is 6.73 Å². The Labute approximate surface area is 48.7 Å². The highest BCUT2D eigenvalue weighted by Crippen LogP contribution is 1.78. The lowest BCUT2D eigenvalue weighted by molar-refractivity contribution is -0.107. The monoisotopic (exact) mass is 117 g/mol. The van der Waals surface area contributed by atoms with Crippen molar-refractivity contribution in [3.8, 4) is 0 Å². The third-order valence-electron chi connectivity index (χ3n) is 0.787. The van der Waals surface area contributed by atoms with Gasteiger partial charge < -0.3 is 9.90 Å². The molecular weight excluding hydrogens is 106 g/mol. The zero-order chi connectivity index (χ0) is 6.24. The second kappa shape index (κ2) is 6.59. The van der Waals surface area contributed by atoms with Crippen LogP contribution in [0, 0.1) is 0 Å². The van der Waals surface area contributed by atoms with Crippen molar-refractivity contribution < 1.29 is 9.90 Å². The minimum atomic E-state index is -0.00113. The molecule has 0 saturated carbocycles. The van der Waals surface area contributed by atoms with Gasteiger partial charge >= 0.3 is 0 Å². The average molecular weight is 117 g/mol. The first-order chi connectivity index (χ1) is 3.91. The summed E-state index contributed by atoms with van der Waals surface area (Å²) in [5.74, 6) is 0. The van der Waals surface area contributed by atoms with E-state index in [4.69, 9.17) is 5.11 Å². The third kappa shape index (κ3) is 5.59. The Morgan fingerprint density at radius 1 is 1.62 bits per heavy atom. The molecule has 0 radical (unpaired) electrons. The van der Waals surface area contributed by atoms with E-state index >= 15 is 0 Å².